The van der Waals surface area contributed by atoms with Crippen LogP contribution in [0.15, 0.2) is 54.6 Å². The molecule has 2 rings (SSSR count). The predicted octanol–water partition coefficient (Wildman–Crippen LogP) is 2.74. The van der Waals surface area contributed by atoms with Crippen molar-refractivity contribution < 1.29 is 0 Å². The van der Waals surface area contributed by atoms with Gasteiger partial charge in [-0.25, -0.2) is 0 Å². The van der Waals surface area contributed by atoms with Crippen LogP contribution in [0.25, 0.3) is 0 Å². The van der Waals surface area contributed by atoms with E-state index in [1.54, 1.807) is 0 Å². The second-order valence-electron chi connectivity index (χ2n) is 3.57. The first-order valence-electron chi connectivity index (χ1n) is 5.49. The molecule has 2 nitrogen and oxygen atoms in total. The Morgan fingerprint density at radius 1 is 0.882 bits per heavy atom. The zero-order chi connectivity index (χ0) is 11.9. The highest BCUT2D eigenvalue weighted by molar-refractivity contribution is 5.60. The van der Waals surface area contributed by atoms with Gasteiger partial charge < -0.3 is 11.1 Å². The van der Waals surface area contributed by atoms with Crippen LogP contribution < -0.4 is 11.1 Å². The van der Waals surface area contributed by atoms with E-state index in [1.165, 1.54) is 0 Å². The van der Waals surface area contributed by atoms with Gasteiger partial charge in [-0.05, 0) is 36.4 Å². The number of benzene rings is 2. The number of anilines is 2. The summed E-state index contributed by atoms with van der Waals surface area (Å²) in [5.74, 6) is 5.82. The van der Waals surface area contributed by atoms with E-state index in [0.717, 1.165) is 16.9 Å². The molecule has 0 bridgehead atoms. The predicted molar refractivity (Wildman–Crippen MR) is 72.1 cm³/mol. The standard InChI is InChI=1S/C15H14N2/c16-12-4-5-13-8-10-15(11-9-13)17-14-6-2-1-3-7-14/h1-3,6-11,17H,12,16H2. The van der Waals surface area contributed by atoms with Crippen molar-refractivity contribution in [3.05, 3.63) is 60.2 Å². The molecule has 2 aromatic carbocycles. The van der Waals surface area contributed by atoms with Gasteiger partial charge in [0.05, 0.1) is 6.54 Å². The fourth-order valence-electron chi connectivity index (χ4n) is 1.48. The van der Waals surface area contributed by atoms with Crippen LogP contribution in [0.2, 0.25) is 0 Å². The summed E-state index contributed by atoms with van der Waals surface area (Å²) in [6.45, 7) is 0.393. The van der Waals surface area contributed by atoms with E-state index < -0.39 is 0 Å². The molecule has 0 atom stereocenters. The van der Waals surface area contributed by atoms with Gasteiger partial charge in [-0.3, -0.25) is 0 Å². The Kier molecular flexibility index (Phi) is 3.80. The fraction of sp³-hybridized carbons (Fsp3) is 0.0667. The van der Waals surface area contributed by atoms with E-state index in [-0.39, 0.29) is 0 Å². The minimum Gasteiger partial charge on any atom is -0.356 e. The Bertz CT molecular complexity index is 518. The molecule has 0 aliphatic carbocycles. The van der Waals surface area contributed by atoms with Crippen LogP contribution in [0.3, 0.4) is 0 Å². The van der Waals surface area contributed by atoms with Gasteiger partial charge in [0, 0.05) is 16.9 Å². The molecule has 0 amide bonds. The smallest absolute Gasteiger partial charge is 0.0555 e. The van der Waals surface area contributed by atoms with Gasteiger partial charge in [-0.1, -0.05) is 30.0 Å². The molecule has 2 heteroatoms. The number of hydrogen-bond donors (Lipinski definition) is 2. The highest BCUT2D eigenvalue weighted by Crippen LogP contribution is 2.16. The van der Waals surface area contributed by atoms with Crippen LogP contribution in [0.5, 0.6) is 0 Å². The molecule has 0 spiro atoms. The summed E-state index contributed by atoms with van der Waals surface area (Å²) >= 11 is 0. The fourth-order valence-corrected chi connectivity index (χ4v) is 1.48. The lowest BCUT2D eigenvalue weighted by molar-refractivity contribution is 1.30. The summed E-state index contributed by atoms with van der Waals surface area (Å²) in [6.07, 6.45) is 0. The van der Waals surface area contributed by atoms with E-state index in [4.69, 9.17) is 5.73 Å². The molecule has 0 saturated carbocycles. The third-order valence-corrected chi connectivity index (χ3v) is 2.28. The monoisotopic (exact) mass is 222 g/mol. The van der Waals surface area contributed by atoms with Gasteiger partial charge in [-0.15, -0.1) is 0 Å². The Balaban J connectivity index is 2.08. The number of nitrogens with one attached hydrogen (secondary N) is 1. The molecule has 0 radical (unpaired) electrons. The molecule has 0 aromatic heterocycles. The zero-order valence-corrected chi connectivity index (χ0v) is 9.48. The van der Waals surface area contributed by atoms with E-state index in [9.17, 15) is 0 Å². The first-order chi connectivity index (χ1) is 8.38. The topological polar surface area (TPSA) is 38.0 Å². The second-order valence-corrected chi connectivity index (χ2v) is 3.57. The molecule has 2 aromatic rings. The van der Waals surface area contributed by atoms with Crippen molar-refractivity contribution >= 4 is 11.4 Å². The van der Waals surface area contributed by atoms with Crippen molar-refractivity contribution in [2.75, 3.05) is 11.9 Å². The average Bonchev–Trinajstić information content (AvgIpc) is 2.39. The number of rotatable bonds is 2. The van der Waals surface area contributed by atoms with Gasteiger partial charge in [0.25, 0.3) is 0 Å². The minimum atomic E-state index is 0.393. The summed E-state index contributed by atoms with van der Waals surface area (Å²) in [7, 11) is 0. The Morgan fingerprint density at radius 3 is 2.18 bits per heavy atom. The zero-order valence-electron chi connectivity index (χ0n) is 9.48. The molecule has 0 heterocycles. The lowest BCUT2D eigenvalue weighted by Gasteiger charge is -2.05. The molecule has 3 N–H and O–H groups in total. The average molecular weight is 222 g/mol. The van der Waals surface area contributed by atoms with Gasteiger partial charge in [0.1, 0.15) is 0 Å². The lowest BCUT2D eigenvalue weighted by atomic mass is 10.2. The van der Waals surface area contributed by atoms with Crippen molar-refractivity contribution in [3.8, 4) is 11.8 Å². The maximum Gasteiger partial charge on any atom is 0.0555 e. The molecule has 0 aliphatic rings. The van der Waals surface area contributed by atoms with Gasteiger partial charge in [0.15, 0.2) is 0 Å². The summed E-state index contributed by atoms with van der Waals surface area (Å²) in [4.78, 5) is 0. The molecule has 84 valence electrons. The highest BCUT2D eigenvalue weighted by atomic mass is 14.9. The van der Waals surface area contributed by atoms with Crippen molar-refractivity contribution in [2.24, 2.45) is 5.73 Å². The summed E-state index contributed by atoms with van der Waals surface area (Å²) in [5, 5.41) is 3.31. The quantitative estimate of drug-likeness (QED) is 0.767. The van der Waals surface area contributed by atoms with Crippen LogP contribution in [0, 0.1) is 11.8 Å². The molecule has 0 unspecified atom stereocenters. The summed E-state index contributed by atoms with van der Waals surface area (Å²) in [5.41, 5.74) is 8.43. The number of nitrogens with two attached hydrogens (primary N) is 1. The van der Waals surface area contributed by atoms with E-state index in [2.05, 4.69) is 17.2 Å². The van der Waals surface area contributed by atoms with Crippen molar-refractivity contribution in [1.82, 2.24) is 0 Å². The van der Waals surface area contributed by atoms with Gasteiger partial charge in [0.2, 0.25) is 0 Å². The Labute approximate surface area is 101 Å². The van der Waals surface area contributed by atoms with E-state index in [1.807, 2.05) is 54.6 Å². The van der Waals surface area contributed by atoms with Crippen molar-refractivity contribution in [3.63, 3.8) is 0 Å². The van der Waals surface area contributed by atoms with Crippen LogP contribution >= 0.6 is 0 Å². The summed E-state index contributed by atoms with van der Waals surface area (Å²) < 4.78 is 0. The summed E-state index contributed by atoms with van der Waals surface area (Å²) in [6, 6.07) is 18.0. The third kappa shape index (κ3) is 3.37. The Morgan fingerprint density at radius 2 is 1.53 bits per heavy atom. The molecule has 0 aliphatic heterocycles. The SMILES string of the molecule is NCC#Cc1ccc(Nc2ccccc2)cc1. The Hall–Kier alpha value is -2.24. The van der Waals surface area contributed by atoms with E-state index in [0.29, 0.717) is 6.54 Å². The molecule has 0 fully saturated rings. The number of para-hydroxylation sites is 1. The van der Waals surface area contributed by atoms with Crippen LogP contribution in [-0.4, -0.2) is 6.54 Å². The van der Waals surface area contributed by atoms with Gasteiger partial charge >= 0.3 is 0 Å². The van der Waals surface area contributed by atoms with E-state index >= 15 is 0 Å². The molecule has 17 heavy (non-hydrogen) atoms. The number of hydrogen-bond acceptors (Lipinski definition) is 2. The third-order valence-electron chi connectivity index (χ3n) is 2.28. The maximum absolute atomic E-state index is 5.32. The van der Waals surface area contributed by atoms with Gasteiger partial charge in [-0.2, -0.15) is 0 Å². The lowest BCUT2D eigenvalue weighted by Crippen LogP contribution is -1.93. The van der Waals surface area contributed by atoms with Crippen molar-refractivity contribution in [1.29, 1.82) is 0 Å². The first-order valence-corrected chi connectivity index (χ1v) is 5.49. The normalized spacial score (nSPS) is 9.24. The maximum atomic E-state index is 5.32. The van der Waals surface area contributed by atoms with Crippen LogP contribution in [-0.2, 0) is 0 Å². The minimum absolute atomic E-state index is 0.393. The molecule has 0 saturated heterocycles. The highest BCUT2D eigenvalue weighted by Gasteiger charge is 1.93. The van der Waals surface area contributed by atoms with Crippen molar-refractivity contribution in [2.45, 2.75) is 0 Å². The largest absolute Gasteiger partial charge is 0.356 e. The first kappa shape index (κ1) is 11.3. The second kappa shape index (κ2) is 5.74. The molecular weight excluding hydrogens is 208 g/mol. The molecular formula is C15H14N2. The van der Waals surface area contributed by atoms with Crippen LogP contribution in [0.4, 0.5) is 11.4 Å². The van der Waals surface area contributed by atoms with Crippen LogP contribution in [0.1, 0.15) is 5.56 Å².